The van der Waals surface area contributed by atoms with Crippen LogP contribution in [0.25, 0.3) is 11.1 Å². The highest BCUT2D eigenvalue weighted by atomic mass is 35.5. The van der Waals surface area contributed by atoms with Gasteiger partial charge in [0.2, 0.25) is 0 Å². The van der Waals surface area contributed by atoms with Crippen molar-refractivity contribution in [3.8, 4) is 11.1 Å². The Morgan fingerprint density at radius 1 is 1.28 bits per heavy atom. The van der Waals surface area contributed by atoms with Crippen LogP contribution in [0.4, 0.5) is 0 Å². The maximum absolute atomic E-state index is 11.5. The topological polar surface area (TPSA) is 91.5 Å². The van der Waals surface area contributed by atoms with Gasteiger partial charge in [-0.15, -0.1) is 0 Å². The van der Waals surface area contributed by atoms with Crippen molar-refractivity contribution < 1.29 is 5.21 Å². The maximum atomic E-state index is 11.5. The first-order valence-electron chi connectivity index (χ1n) is 5.08. The molecule has 5 nitrogen and oxygen atoms in total. The summed E-state index contributed by atoms with van der Waals surface area (Å²) in [4.78, 5) is 14.0. The standard InChI is InChI=1S/C12H10ClN3O2/c13-9-3-1-7(2-4-9)8-5-10(11(14)16-18)12(17)15-6-8/h1-6,18H,(H2,14,16)(H,15,17). The van der Waals surface area contributed by atoms with Crippen LogP contribution in [-0.4, -0.2) is 16.0 Å². The Morgan fingerprint density at radius 3 is 2.56 bits per heavy atom. The van der Waals surface area contributed by atoms with E-state index in [4.69, 9.17) is 22.5 Å². The molecule has 0 aliphatic heterocycles. The van der Waals surface area contributed by atoms with Crippen molar-refractivity contribution in [3.63, 3.8) is 0 Å². The molecule has 6 heteroatoms. The number of halogens is 1. The number of aromatic nitrogens is 1. The van der Waals surface area contributed by atoms with Gasteiger partial charge in [-0.3, -0.25) is 4.79 Å². The van der Waals surface area contributed by atoms with E-state index in [-0.39, 0.29) is 11.4 Å². The normalized spacial score (nSPS) is 11.5. The highest BCUT2D eigenvalue weighted by molar-refractivity contribution is 6.30. The Balaban J connectivity index is 2.53. The summed E-state index contributed by atoms with van der Waals surface area (Å²) in [5, 5.41) is 12.0. The van der Waals surface area contributed by atoms with Crippen molar-refractivity contribution in [1.82, 2.24) is 4.98 Å². The zero-order valence-corrected chi connectivity index (χ0v) is 9.98. The summed E-state index contributed by atoms with van der Waals surface area (Å²) >= 11 is 5.80. The minimum Gasteiger partial charge on any atom is -0.409 e. The average molecular weight is 264 g/mol. The van der Waals surface area contributed by atoms with Gasteiger partial charge in [-0.1, -0.05) is 28.9 Å². The van der Waals surface area contributed by atoms with Gasteiger partial charge in [0.25, 0.3) is 5.56 Å². The molecule has 2 rings (SSSR count). The minimum atomic E-state index is -0.414. The van der Waals surface area contributed by atoms with Gasteiger partial charge < -0.3 is 15.9 Å². The lowest BCUT2D eigenvalue weighted by Crippen LogP contribution is -2.24. The SMILES string of the molecule is NC(=NO)c1cc(-c2ccc(Cl)cc2)c[nH]c1=O. The predicted molar refractivity (Wildman–Crippen MR) is 70.0 cm³/mol. The molecular weight excluding hydrogens is 254 g/mol. The molecule has 1 aromatic heterocycles. The van der Waals surface area contributed by atoms with Crippen molar-refractivity contribution in [2.45, 2.75) is 0 Å². The smallest absolute Gasteiger partial charge is 0.259 e. The van der Waals surface area contributed by atoms with Crippen LogP contribution in [0.2, 0.25) is 5.02 Å². The molecule has 0 fully saturated rings. The first-order valence-corrected chi connectivity index (χ1v) is 5.46. The van der Waals surface area contributed by atoms with E-state index in [0.717, 1.165) is 11.1 Å². The lowest BCUT2D eigenvalue weighted by Gasteiger charge is -2.04. The van der Waals surface area contributed by atoms with E-state index in [9.17, 15) is 4.79 Å². The van der Waals surface area contributed by atoms with Crippen molar-refractivity contribution >= 4 is 17.4 Å². The fraction of sp³-hybridized carbons (Fsp3) is 0. The van der Waals surface area contributed by atoms with Gasteiger partial charge in [-0.2, -0.15) is 0 Å². The molecule has 0 atom stereocenters. The molecule has 0 saturated heterocycles. The Morgan fingerprint density at radius 2 is 1.94 bits per heavy atom. The van der Waals surface area contributed by atoms with Gasteiger partial charge in [-0.05, 0) is 29.3 Å². The molecule has 0 aliphatic carbocycles. The van der Waals surface area contributed by atoms with E-state index in [1.807, 2.05) is 12.1 Å². The summed E-state index contributed by atoms with van der Waals surface area (Å²) < 4.78 is 0. The maximum Gasteiger partial charge on any atom is 0.259 e. The first-order chi connectivity index (χ1) is 8.61. The fourth-order valence-corrected chi connectivity index (χ4v) is 1.66. The summed E-state index contributed by atoms with van der Waals surface area (Å²) in [7, 11) is 0. The molecule has 0 amide bonds. The van der Waals surface area contributed by atoms with Gasteiger partial charge in [0, 0.05) is 11.2 Å². The van der Waals surface area contributed by atoms with Gasteiger partial charge in [-0.25, -0.2) is 0 Å². The number of H-pyrrole nitrogens is 1. The second-order valence-electron chi connectivity index (χ2n) is 3.62. The molecule has 2 aromatic rings. The van der Waals surface area contributed by atoms with E-state index >= 15 is 0 Å². The number of amidine groups is 1. The second kappa shape index (κ2) is 4.93. The number of hydrogen-bond donors (Lipinski definition) is 3. The molecule has 0 unspecified atom stereocenters. The van der Waals surface area contributed by atoms with Crippen LogP contribution < -0.4 is 11.3 Å². The van der Waals surface area contributed by atoms with E-state index in [1.54, 1.807) is 24.4 Å². The van der Waals surface area contributed by atoms with Crippen molar-refractivity contribution in [2.75, 3.05) is 0 Å². The molecule has 4 N–H and O–H groups in total. The quantitative estimate of drug-likeness (QED) is 0.334. The van der Waals surface area contributed by atoms with Gasteiger partial charge in [0.1, 0.15) is 0 Å². The average Bonchev–Trinajstić information content (AvgIpc) is 2.39. The molecule has 1 heterocycles. The lowest BCUT2D eigenvalue weighted by molar-refractivity contribution is 0.318. The molecule has 92 valence electrons. The highest BCUT2D eigenvalue weighted by Gasteiger charge is 2.07. The van der Waals surface area contributed by atoms with Crippen LogP contribution in [0.3, 0.4) is 0 Å². The van der Waals surface area contributed by atoms with Crippen LogP contribution in [0.5, 0.6) is 0 Å². The number of pyridine rings is 1. The Labute approximate surface area is 108 Å². The zero-order valence-electron chi connectivity index (χ0n) is 9.22. The van der Waals surface area contributed by atoms with Crippen molar-refractivity contribution in [3.05, 3.63) is 57.5 Å². The molecule has 0 bridgehead atoms. The predicted octanol–water partition coefficient (Wildman–Crippen LogP) is 1.79. The van der Waals surface area contributed by atoms with Crippen LogP contribution in [-0.2, 0) is 0 Å². The van der Waals surface area contributed by atoms with E-state index in [0.29, 0.717) is 5.02 Å². The van der Waals surface area contributed by atoms with Crippen molar-refractivity contribution in [2.24, 2.45) is 10.9 Å². The van der Waals surface area contributed by atoms with E-state index in [1.165, 1.54) is 0 Å². The number of oxime groups is 1. The summed E-state index contributed by atoms with van der Waals surface area (Å²) in [6, 6.07) is 8.66. The van der Waals surface area contributed by atoms with E-state index < -0.39 is 5.56 Å². The second-order valence-corrected chi connectivity index (χ2v) is 4.06. The van der Waals surface area contributed by atoms with Crippen LogP contribution in [0.1, 0.15) is 5.56 Å². The molecule has 0 radical (unpaired) electrons. The molecule has 18 heavy (non-hydrogen) atoms. The molecular formula is C12H10ClN3O2. The molecule has 1 aromatic carbocycles. The lowest BCUT2D eigenvalue weighted by atomic mass is 10.1. The molecule has 0 spiro atoms. The largest absolute Gasteiger partial charge is 0.409 e. The monoisotopic (exact) mass is 263 g/mol. The number of nitrogens with one attached hydrogen (secondary N) is 1. The Kier molecular flexibility index (Phi) is 3.34. The summed E-state index contributed by atoms with van der Waals surface area (Å²) in [6.45, 7) is 0. The van der Waals surface area contributed by atoms with Crippen LogP contribution >= 0.6 is 11.6 Å². The zero-order chi connectivity index (χ0) is 13.1. The third-order valence-corrected chi connectivity index (χ3v) is 2.72. The summed E-state index contributed by atoms with van der Waals surface area (Å²) in [5.74, 6) is -0.230. The van der Waals surface area contributed by atoms with Gasteiger partial charge >= 0.3 is 0 Å². The fourth-order valence-electron chi connectivity index (χ4n) is 1.54. The van der Waals surface area contributed by atoms with Crippen LogP contribution in [0, 0.1) is 0 Å². The first kappa shape index (κ1) is 12.2. The minimum absolute atomic E-state index is 0.116. The highest BCUT2D eigenvalue weighted by Crippen LogP contribution is 2.20. The number of hydrogen-bond acceptors (Lipinski definition) is 3. The summed E-state index contributed by atoms with van der Waals surface area (Å²) in [5.41, 5.74) is 6.73. The number of nitrogens with zero attached hydrogens (tertiary/aromatic N) is 1. The van der Waals surface area contributed by atoms with E-state index in [2.05, 4.69) is 10.1 Å². The number of nitrogens with two attached hydrogens (primary N) is 1. The number of rotatable bonds is 2. The van der Waals surface area contributed by atoms with Gasteiger partial charge in [0.15, 0.2) is 5.84 Å². The molecule has 0 aliphatic rings. The number of aromatic amines is 1. The number of benzene rings is 1. The third kappa shape index (κ3) is 2.36. The summed E-state index contributed by atoms with van der Waals surface area (Å²) in [6.07, 6.45) is 1.56. The Bertz CT molecular complexity index is 647. The third-order valence-electron chi connectivity index (χ3n) is 2.46. The van der Waals surface area contributed by atoms with Crippen LogP contribution in [0.15, 0.2) is 46.5 Å². The van der Waals surface area contributed by atoms with Crippen molar-refractivity contribution in [1.29, 1.82) is 0 Å². The Hall–Kier alpha value is -2.27. The molecule has 0 saturated carbocycles. The van der Waals surface area contributed by atoms with Gasteiger partial charge in [0.05, 0.1) is 5.56 Å².